The normalized spacial score (nSPS) is 11.2. The molecule has 8 heteroatoms. The van der Waals surface area contributed by atoms with Crippen molar-refractivity contribution in [1.29, 1.82) is 0 Å². The summed E-state index contributed by atoms with van der Waals surface area (Å²) in [5.41, 5.74) is 6.69. The summed E-state index contributed by atoms with van der Waals surface area (Å²) in [5, 5.41) is 13.6. The number of halogens is 2. The molecule has 0 aliphatic carbocycles. The molecule has 198 valence electrons. The number of aryl methyl sites for hydroxylation is 1. The monoisotopic (exact) mass is 552 g/mol. The Morgan fingerprint density at radius 2 is 1.79 bits per heavy atom. The van der Waals surface area contributed by atoms with Crippen LogP contribution in [0.2, 0.25) is 10.0 Å². The summed E-state index contributed by atoms with van der Waals surface area (Å²) in [6.45, 7) is 8.72. The zero-order valence-electron chi connectivity index (χ0n) is 21.8. The first-order chi connectivity index (χ1) is 18.0. The van der Waals surface area contributed by atoms with Gasteiger partial charge in [-0.2, -0.15) is 0 Å². The lowest BCUT2D eigenvalue weighted by Crippen LogP contribution is -2.22. The van der Waals surface area contributed by atoms with Gasteiger partial charge in [-0.25, -0.2) is 4.79 Å². The Labute approximate surface area is 232 Å². The van der Waals surface area contributed by atoms with E-state index in [2.05, 4.69) is 35.9 Å². The Bertz CT molecular complexity index is 1520. The minimum atomic E-state index is -1.09. The number of amides is 1. The number of benzene rings is 3. The van der Waals surface area contributed by atoms with E-state index in [-0.39, 0.29) is 16.7 Å². The Balaban J connectivity index is 1.58. The maximum absolute atomic E-state index is 13.0. The van der Waals surface area contributed by atoms with Crippen molar-refractivity contribution in [3.63, 3.8) is 0 Å². The molecule has 1 heterocycles. The number of nitrogens with one attached hydrogen (secondary N) is 1. The van der Waals surface area contributed by atoms with Gasteiger partial charge in [0.15, 0.2) is 6.61 Å². The molecule has 0 radical (unpaired) electrons. The molecular weight excluding hydrogens is 523 g/mol. The number of aromatic nitrogens is 1. The van der Waals surface area contributed by atoms with Gasteiger partial charge in [-0.1, -0.05) is 61.3 Å². The summed E-state index contributed by atoms with van der Waals surface area (Å²) in [5.74, 6) is -0.538. The van der Waals surface area contributed by atoms with E-state index in [0.717, 1.165) is 33.3 Å². The minimum absolute atomic E-state index is 0.132. The molecule has 0 aliphatic rings. The predicted molar refractivity (Wildman–Crippen MR) is 152 cm³/mol. The van der Waals surface area contributed by atoms with Crippen LogP contribution in [0.5, 0.6) is 5.75 Å². The number of ether oxygens (including phenoxy) is 1. The molecule has 4 aromatic rings. The van der Waals surface area contributed by atoms with E-state index in [9.17, 15) is 9.59 Å². The molecule has 3 aromatic carbocycles. The van der Waals surface area contributed by atoms with Crippen LogP contribution in [-0.2, 0) is 17.9 Å². The van der Waals surface area contributed by atoms with E-state index in [4.69, 9.17) is 33.0 Å². The van der Waals surface area contributed by atoms with Crippen LogP contribution in [0, 0.1) is 13.8 Å². The highest BCUT2D eigenvalue weighted by Gasteiger charge is 2.17. The van der Waals surface area contributed by atoms with Crippen molar-refractivity contribution >= 4 is 46.0 Å². The largest absolute Gasteiger partial charge is 0.480 e. The number of carbonyl (C=O) groups excluding carboxylic acids is 1. The van der Waals surface area contributed by atoms with Crippen molar-refractivity contribution < 1.29 is 19.4 Å². The van der Waals surface area contributed by atoms with E-state index < -0.39 is 12.6 Å². The summed E-state index contributed by atoms with van der Waals surface area (Å²) < 4.78 is 7.44. The lowest BCUT2D eigenvalue weighted by molar-refractivity contribution is -0.139. The molecular formula is C30H30Cl2N2O4. The molecule has 0 atom stereocenters. The van der Waals surface area contributed by atoms with Crippen molar-refractivity contribution in [1.82, 2.24) is 9.88 Å². The lowest BCUT2D eigenvalue weighted by Gasteiger charge is -2.14. The second kappa shape index (κ2) is 11.5. The van der Waals surface area contributed by atoms with Crippen LogP contribution in [0.15, 0.2) is 54.6 Å². The van der Waals surface area contributed by atoms with Gasteiger partial charge in [-0.3, -0.25) is 4.79 Å². The SMILES string of the molecule is Cc1c(C)n(Cc2cc(OCC(=O)O)c(Cl)cc2Cl)c2ccc(C(=O)NCc3cccc(C(C)C)c3)cc12. The van der Waals surface area contributed by atoms with Crippen molar-refractivity contribution in [3.05, 3.63) is 98.2 Å². The number of rotatable bonds is 9. The third-order valence-electron chi connectivity index (χ3n) is 6.75. The summed E-state index contributed by atoms with van der Waals surface area (Å²) in [6.07, 6.45) is 0. The first kappa shape index (κ1) is 27.6. The molecule has 0 saturated heterocycles. The average molecular weight is 553 g/mol. The summed E-state index contributed by atoms with van der Waals surface area (Å²) >= 11 is 12.7. The molecule has 0 aliphatic heterocycles. The molecule has 1 amide bonds. The van der Waals surface area contributed by atoms with Crippen molar-refractivity contribution in [2.24, 2.45) is 0 Å². The van der Waals surface area contributed by atoms with Gasteiger partial charge in [0.05, 0.1) is 5.02 Å². The molecule has 0 bridgehead atoms. The summed E-state index contributed by atoms with van der Waals surface area (Å²) in [7, 11) is 0. The fraction of sp³-hybridized carbons (Fsp3) is 0.267. The topological polar surface area (TPSA) is 80.6 Å². The molecule has 2 N–H and O–H groups in total. The van der Waals surface area contributed by atoms with Gasteiger partial charge in [0.25, 0.3) is 5.91 Å². The van der Waals surface area contributed by atoms with Gasteiger partial charge in [0.2, 0.25) is 0 Å². The van der Waals surface area contributed by atoms with Crippen LogP contribution >= 0.6 is 23.2 Å². The first-order valence-electron chi connectivity index (χ1n) is 12.3. The molecule has 6 nitrogen and oxygen atoms in total. The minimum Gasteiger partial charge on any atom is -0.480 e. The highest BCUT2D eigenvalue weighted by molar-refractivity contribution is 6.36. The van der Waals surface area contributed by atoms with Gasteiger partial charge in [0, 0.05) is 40.3 Å². The third kappa shape index (κ3) is 5.98. The van der Waals surface area contributed by atoms with E-state index in [1.165, 1.54) is 5.56 Å². The van der Waals surface area contributed by atoms with E-state index in [0.29, 0.717) is 29.6 Å². The second-order valence-corrected chi connectivity index (χ2v) is 10.5. The maximum Gasteiger partial charge on any atom is 0.341 e. The van der Waals surface area contributed by atoms with Gasteiger partial charge in [-0.15, -0.1) is 0 Å². The van der Waals surface area contributed by atoms with Crippen molar-refractivity contribution in [2.75, 3.05) is 6.61 Å². The molecule has 1 aromatic heterocycles. The van der Waals surface area contributed by atoms with Crippen LogP contribution in [0.25, 0.3) is 10.9 Å². The summed E-state index contributed by atoms with van der Waals surface area (Å²) in [4.78, 5) is 23.9. The van der Waals surface area contributed by atoms with Crippen molar-refractivity contribution in [2.45, 2.75) is 46.7 Å². The highest BCUT2D eigenvalue weighted by Crippen LogP contribution is 2.34. The average Bonchev–Trinajstić information content (AvgIpc) is 3.12. The number of fused-ring (bicyclic) bond motifs is 1. The molecule has 38 heavy (non-hydrogen) atoms. The quantitative estimate of drug-likeness (QED) is 0.231. The first-order valence-corrected chi connectivity index (χ1v) is 13.1. The standard InChI is InChI=1S/C30H30Cl2N2O4/c1-17(2)21-7-5-6-20(10-21)14-33-30(37)22-8-9-27-24(11-22)18(3)19(4)34(27)15-23-12-28(38-16-29(35)36)26(32)13-25(23)31/h5-13,17H,14-16H2,1-4H3,(H,33,37)(H,35,36). The summed E-state index contributed by atoms with van der Waals surface area (Å²) in [6, 6.07) is 17.2. The van der Waals surface area contributed by atoms with Crippen molar-refractivity contribution in [3.8, 4) is 5.75 Å². The fourth-order valence-corrected chi connectivity index (χ4v) is 4.95. The van der Waals surface area contributed by atoms with E-state index in [1.807, 2.05) is 44.2 Å². The molecule has 0 fully saturated rings. The Kier molecular flexibility index (Phi) is 8.34. The molecule has 0 unspecified atom stereocenters. The zero-order valence-corrected chi connectivity index (χ0v) is 23.3. The van der Waals surface area contributed by atoms with Crippen LogP contribution in [0.4, 0.5) is 0 Å². The second-order valence-electron chi connectivity index (χ2n) is 9.67. The number of carboxylic acids is 1. The van der Waals surface area contributed by atoms with Crippen LogP contribution < -0.4 is 10.1 Å². The zero-order chi connectivity index (χ0) is 27.6. The van der Waals surface area contributed by atoms with Gasteiger partial charge < -0.3 is 19.7 Å². The van der Waals surface area contributed by atoms with Crippen LogP contribution in [-0.4, -0.2) is 28.2 Å². The smallest absolute Gasteiger partial charge is 0.341 e. The number of hydrogen-bond acceptors (Lipinski definition) is 3. The Morgan fingerprint density at radius 1 is 1.03 bits per heavy atom. The van der Waals surface area contributed by atoms with E-state index >= 15 is 0 Å². The number of carbonyl (C=O) groups is 2. The van der Waals surface area contributed by atoms with Crippen LogP contribution in [0.1, 0.15) is 58.1 Å². The molecule has 0 saturated carbocycles. The van der Waals surface area contributed by atoms with E-state index in [1.54, 1.807) is 12.1 Å². The Morgan fingerprint density at radius 3 is 2.50 bits per heavy atom. The van der Waals surface area contributed by atoms with Gasteiger partial charge >= 0.3 is 5.97 Å². The Hall–Kier alpha value is -3.48. The number of carboxylic acid groups (broad SMARTS) is 1. The number of nitrogens with zero attached hydrogens (tertiary/aromatic N) is 1. The number of aliphatic carboxylic acids is 1. The maximum atomic E-state index is 13.0. The lowest BCUT2D eigenvalue weighted by atomic mass is 10.0. The number of hydrogen-bond donors (Lipinski definition) is 2. The van der Waals surface area contributed by atoms with Gasteiger partial charge in [0.1, 0.15) is 5.75 Å². The third-order valence-corrected chi connectivity index (χ3v) is 7.40. The van der Waals surface area contributed by atoms with Crippen LogP contribution in [0.3, 0.4) is 0 Å². The predicted octanol–water partition coefficient (Wildman–Crippen LogP) is 7.13. The molecule has 4 rings (SSSR count). The molecule has 0 spiro atoms. The highest BCUT2D eigenvalue weighted by atomic mass is 35.5. The fourth-order valence-electron chi connectivity index (χ4n) is 4.45. The van der Waals surface area contributed by atoms with Gasteiger partial charge in [-0.05, 0) is 72.4 Å².